The molecule has 1 aliphatic heterocycles. The molecule has 0 radical (unpaired) electrons. The third kappa shape index (κ3) is 4.73. The van der Waals surface area contributed by atoms with E-state index in [1.54, 1.807) is 24.3 Å². The summed E-state index contributed by atoms with van der Waals surface area (Å²) >= 11 is 0. The van der Waals surface area contributed by atoms with Gasteiger partial charge in [-0.3, -0.25) is 4.79 Å². The second-order valence-corrected chi connectivity index (χ2v) is 4.94. The van der Waals surface area contributed by atoms with Crippen LogP contribution in [0.15, 0.2) is 24.3 Å². The Morgan fingerprint density at radius 1 is 1.36 bits per heavy atom. The summed E-state index contributed by atoms with van der Waals surface area (Å²) in [5, 5.41) is 2.70. The summed E-state index contributed by atoms with van der Waals surface area (Å²) in [5.74, 6) is -0.455. The molecule has 120 valence electrons. The van der Waals surface area contributed by atoms with Gasteiger partial charge in [-0.2, -0.15) is 0 Å². The Hall–Kier alpha value is -2.08. The first-order valence-electron chi connectivity index (χ1n) is 7.48. The zero-order valence-electron chi connectivity index (χ0n) is 12.7. The number of rotatable bonds is 7. The van der Waals surface area contributed by atoms with E-state index < -0.39 is 5.97 Å². The predicted octanol–water partition coefficient (Wildman–Crippen LogP) is 1.54. The number of esters is 1. The van der Waals surface area contributed by atoms with E-state index in [2.05, 4.69) is 5.32 Å². The molecule has 0 saturated carbocycles. The average Bonchev–Trinajstić information content (AvgIpc) is 3.05. The van der Waals surface area contributed by atoms with E-state index in [1.807, 2.05) is 6.92 Å². The van der Waals surface area contributed by atoms with Gasteiger partial charge >= 0.3 is 5.97 Å². The highest BCUT2D eigenvalue weighted by Crippen LogP contribution is 2.18. The zero-order valence-corrected chi connectivity index (χ0v) is 12.7. The molecule has 6 heteroatoms. The number of amides is 1. The molecule has 1 heterocycles. The van der Waals surface area contributed by atoms with Crippen molar-refractivity contribution in [3.63, 3.8) is 0 Å². The molecule has 1 fully saturated rings. The molecule has 1 aromatic carbocycles. The fraction of sp³-hybridized carbons (Fsp3) is 0.500. The van der Waals surface area contributed by atoms with Crippen molar-refractivity contribution in [1.29, 1.82) is 0 Å². The van der Waals surface area contributed by atoms with Crippen molar-refractivity contribution in [2.45, 2.75) is 25.9 Å². The van der Waals surface area contributed by atoms with Gasteiger partial charge in [-0.15, -0.1) is 0 Å². The van der Waals surface area contributed by atoms with E-state index in [0.29, 0.717) is 24.5 Å². The first-order valence-corrected chi connectivity index (χ1v) is 7.48. The Bertz CT molecular complexity index is 511. The largest absolute Gasteiger partial charge is 0.493 e. The molecule has 0 bridgehead atoms. The van der Waals surface area contributed by atoms with Crippen LogP contribution in [-0.4, -0.2) is 44.3 Å². The minimum atomic E-state index is -0.573. The van der Waals surface area contributed by atoms with Crippen LogP contribution < -0.4 is 10.1 Å². The standard InChI is InChI=1S/C16H21NO5/c1-2-20-14-8-4-3-7-13(14)16(19)22-11-15(18)17-10-12-6-5-9-21-12/h3-4,7-8,12H,2,5-6,9-11H2,1H3,(H,17,18)/t12-/m1/s1. The van der Waals surface area contributed by atoms with E-state index in [0.717, 1.165) is 19.4 Å². The van der Waals surface area contributed by atoms with Gasteiger partial charge in [0.2, 0.25) is 0 Å². The molecule has 22 heavy (non-hydrogen) atoms. The highest BCUT2D eigenvalue weighted by Gasteiger charge is 2.18. The lowest BCUT2D eigenvalue weighted by Crippen LogP contribution is -2.34. The molecular weight excluding hydrogens is 286 g/mol. The van der Waals surface area contributed by atoms with E-state index >= 15 is 0 Å². The third-order valence-electron chi connectivity index (χ3n) is 3.29. The van der Waals surface area contributed by atoms with Crippen molar-refractivity contribution in [2.24, 2.45) is 0 Å². The molecule has 1 saturated heterocycles. The molecule has 1 aliphatic rings. The predicted molar refractivity (Wildman–Crippen MR) is 79.9 cm³/mol. The van der Waals surface area contributed by atoms with Crippen molar-refractivity contribution in [1.82, 2.24) is 5.32 Å². The van der Waals surface area contributed by atoms with Gasteiger partial charge in [0.25, 0.3) is 5.91 Å². The minimum Gasteiger partial charge on any atom is -0.493 e. The van der Waals surface area contributed by atoms with Crippen molar-refractivity contribution in [3.05, 3.63) is 29.8 Å². The van der Waals surface area contributed by atoms with Crippen LogP contribution in [-0.2, 0) is 14.3 Å². The highest BCUT2D eigenvalue weighted by atomic mass is 16.5. The molecule has 2 rings (SSSR count). The number of carbonyl (C=O) groups excluding carboxylic acids is 2. The number of carbonyl (C=O) groups is 2. The van der Waals surface area contributed by atoms with Crippen LogP contribution in [0.4, 0.5) is 0 Å². The molecule has 0 aromatic heterocycles. The quantitative estimate of drug-likeness (QED) is 0.773. The average molecular weight is 307 g/mol. The van der Waals surface area contributed by atoms with Gasteiger partial charge in [0.1, 0.15) is 11.3 Å². The Labute approximate surface area is 129 Å². The van der Waals surface area contributed by atoms with E-state index in [1.165, 1.54) is 0 Å². The van der Waals surface area contributed by atoms with E-state index in [9.17, 15) is 9.59 Å². The van der Waals surface area contributed by atoms with Crippen molar-refractivity contribution >= 4 is 11.9 Å². The maximum absolute atomic E-state index is 12.0. The summed E-state index contributed by atoms with van der Waals surface area (Å²) in [7, 11) is 0. The van der Waals surface area contributed by atoms with Gasteiger partial charge in [-0.1, -0.05) is 12.1 Å². The number of hydrogen-bond acceptors (Lipinski definition) is 5. The van der Waals surface area contributed by atoms with Crippen LogP contribution in [0.3, 0.4) is 0 Å². The molecule has 1 aromatic rings. The Morgan fingerprint density at radius 3 is 2.91 bits per heavy atom. The van der Waals surface area contributed by atoms with Crippen LogP contribution in [0.2, 0.25) is 0 Å². The summed E-state index contributed by atoms with van der Waals surface area (Å²) in [5.41, 5.74) is 0.316. The number of nitrogens with one attached hydrogen (secondary N) is 1. The summed E-state index contributed by atoms with van der Waals surface area (Å²) < 4.78 is 15.8. The molecule has 1 amide bonds. The molecule has 0 unspecified atom stereocenters. The summed E-state index contributed by atoms with van der Waals surface area (Å²) in [4.78, 5) is 23.7. The highest BCUT2D eigenvalue weighted by molar-refractivity contribution is 5.93. The number of ether oxygens (including phenoxy) is 3. The van der Waals surface area contributed by atoms with Gasteiger partial charge in [0.15, 0.2) is 6.61 Å². The van der Waals surface area contributed by atoms with Gasteiger partial charge in [-0.25, -0.2) is 4.79 Å². The maximum atomic E-state index is 12.0. The van der Waals surface area contributed by atoms with Gasteiger partial charge in [0, 0.05) is 13.2 Å². The Kier molecular flexibility index (Phi) is 6.21. The maximum Gasteiger partial charge on any atom is 0.342 e. The number of hydrogen-bond donors (Lipinski definition) is 1. The molecule has 1 atom stereocenters. The van der Waals surface area contributed by atoms with Crippen molar-refractivity contribution in [3.8, 4) is 5.75 Å². The third-order valence-corrected chi connectivity index (χ3v) is 3.29. The molecule has 0 aliphatic carbocycles. The van der Waals surface area contributed by atoms with E-state index in [-0.39, 0.29) is 18.6 Å². The normalized spacial score (nSPS) is 17.0. The fourth-order valence-corrected chi connectivity index (χ4v) is 2.21. The lowest BCUT2D eigenvalue weighted by molar-refractivity contribution is -0.124. The molecular formula is C16H21NO5. The summed E-state index contributed by atoms with van der Waals surface area (Å²) in [6.45, 7) is 3.16. The van der Waals surface area contributed by atoms with Crippen LogP contribution in [0.25, 0.3) is 0 Å². The Morgan fingerprint density at radius 2 is 2.18 bits per heavy atom. The zero-order chi connectivity index (χ0) is 15.8. The van der Waals surface area contributed by atoms with Crippen LogP contribution in [0.1, 0.15) is 30.1 Å². The monoisotopic (exact) mass is 307 g/mol. The SMILES string of the molecule is CCOc1ccccc1C(=O)OCC(=O)NC[C@H]1CCCO1. The molecule has 6 nitrogen and oxygen atoms in total. The minimum absolute atomic E-state index is 0.0679. The fourth-order valence-electron chi connectivity index (χ4n) is 2.21. The van der Waals surface area contributed by atoms with Crippen LogP contribution in [0.5, 0.6) is 5.75 Å². The first kappa shape index (κ1) is 16.3. The topological polar surface area (TPSA) is 73.9 Å². The lowest BCUT2D eigenvalue weighted by atomic mass is 10.2. The smallest absolute Gasteiger partial charge is 0.342 e. The second kappa shape index (κ2) is 8.38. The van der Waals surface area contributed by atoms with Gasteiger partial charge < -0.3 is 19.5 Å². The summed E-state index contributed by atoms with van der Waals surface area (Å²) in [6.07, 6.45) is 2.03. The van der Waals surface area contributed by atoms with E-state index in [4.69, 9.17) is 14.2 Å². The van der Waals surface area contributed by atoms with Crippen LogP contribution in [0, 0.1) is 0 Å². The van der Waals surface area contributed by atoms with Crippen molar-refractivity contribution < 1.29 is 23.8 Å². The van der Waals surface area contributed by atoms with Gasteiger partial charge in [0.05, 0.1) is 12.7 Å². The van der Waals surface area contributed by atoms with Crippen LogP contribution >= 0.6 is 0 Å². The first-order chi connectivity index (χ1) is 10.7. The molecule has 1 N–H and O–H groups in total. The van der Waals surface area contributed by atoms with Gasteiger partial charge in [-0.05, 0) is 31.9 Å². The number of benzene rings is 1. The lowest BCUT2D eigenvalue weighted by Gasteiger charge is -2.12. The summed E-state index contributed by atoms with van der Waals surface area (Å²) in [6, 6.07) is 6.79. The molecule has 0 spiro atoms. The Balaban J connectivity index is 1.78. The van der Waals surface area contributed by atoms with Crippen molar-refractivity contribution in [2.75, 3.05) is 26.4 Å². The number of para-hydroxylation sites is 1. The second-order valence-electron chi connectivity index (χ2n) is 4.94.